The average molecular weight is 667 g/mol. The van der Waals surface area contributed by atoms with E-state index in [0.29, 0.717) is 0 Å². The zero-order chi connectivity index (χ0) is 33.5. The minimum absolute atomic E-state index is 1.18. The van der Waals surface area contributed by atoms with Gasteiger partial charge in [0.1, 0.15) is 0 Å². The van der Waals surface area contributed by atoms with Crippen LogP contribution in [0.25, 0.3) is 97.4 Å². The van der Waals surface area contributed by atoms with Crippen molar-refractivity contribution in [3.05, 3.63) is 182 Å². The summed E-state index contributed by atoms with van der Waals surface area (Å²) in [4.78, 5) is 0. The van der Waals surface area contributed by atoms with Gasteiger partial charge in [-0.25, -0.2) is 0 Å². The highest BCUT2D eigenvalue weighted by molar-refractivity contribution is 7.25. The van der Waals surface area contributed by atoms with E-state index in [-0.39, 0.29) is 0 Å². The van der Waals surface area contributed by atoms with Crippen molar-refractivity contribution in [3.63, 3.8) is 0 Å². The summed E-state index contributed by atoms with van der Waals surface area (Å²) in [5.41, 5.74) is 12.2. The predicted octanol–water partition coefficient (Wildman–Crippen LogP) is 13.6. The second-order valence-electron chi connectivity index (χ2n) is 13.4. The highest BCUT2D eigenvalue weighted by Crippen LogP contribution is 2.43. The molecule has 51 heavy (non-hydrogen) atoms. The van der Waals surface area contributed by atoms with Crippen LogP contribution in [0, 0.1) is 0 Å². The minimum atomic E-state index is 1.18. The summed E-state index contributed by atoms with van der Waals surface area (Å²) in [6.07, 6.45) is 0. The lowest BCUT2D eigenvalue weighted by molar-refractivity contribution is 1.18. The maximum absolute atomic E-state index is 2.44. The van der Waals surface area contributed by atoms with E-state index in [2.05, 4.69) is 191 Å². The number of para-hydroxylation sites is 3. The predicted molar refractivity (Wildman–Crippen MR) is 219 cm³/mol. The van der Waals surface area contributed by atoms with Gasteiger partial charge in [0.25, 0.3) is 0 Å². The van der Waals surface area contributed by atoms with E-state index < -0.39 is 0 Å². The Balaban J connectivity index is 1.09. The molecule has 0 aliphatic carbocycles. The molecule has 11 aromatic rings. The maximum atomic E-state index is 2.44. The molecule has 0 aliphatic heterocycles. The fourth-order valence-electron chi connectivity index (χ4n) is 8.16. The van der Waals surface area contributed by atoms with Crippen LogP contribution >= 0.6 is 11.3 Å². The highest BCUT2D eigenvalue weighted by Gasteiger charge is 2.17. The number of fused-ring (bicyclic) bond motifs is 9. The van der Waals surface area contributed by atoms with Crippen LogP contribution < -0.4 is 0 Å². The first-order valence-corrected chi connectivity index (χ1v) is 18.2. The molecule has 2 nitrogen and oxygen atoms in total. The third-order valence-electron chi connectivity index (χ3n) is 10.5. The van der Waals surface area contributed by atoms with Crippen LogP contribution in [0.5, 0.6) is 0 Å². The fourth-order valence-corrected chi connectivity index (χ4v) is 9.26. The molecule has 8 aromatic carbocycles. The summed E-state index contributed by atoms with van der Waals surface area (Å²) in [5.74, 6) is 0. The molecule has 0 saturated carbocycles. The molecule has 0 unspecified atom stereocenters. The summed E-state index contributed by atoms with van der Waals surface area (Å²) >= 11 is 1.88. The Labute approximate surface area is 298 Å². The maximum Gasteiger partial charge on any atom is 0.0555 e. The van der Waals surface area contributed by atoms with Crippen molar-refractivity contribution < 1.29 is 0 Å². The molecule has 3 aromatic heterocycles. The first kappa shape index (κ1) is 28.4. The second kappa shape index (κ2) is 11.0. The Morgan fingerprint density at radius 3 is 1.57 bits per heavy atom. The van der Waals surface area contributed by atoms with Crippen molar-refractivity contribution in [2.75, 3.05) is 0 Å². The molecule has 0 aliphatic rings. The van der Waals surface area contributed by atoms with Crippen LogP contribution in [-0.2, 0) is 0 Å². The van der Waals surface area contributed by atoms with Gasteiger partial charge in [0.15, 0.2) is 0 Å². The SMILES string of the molecule is c1ccc(-c2cccc(-n3c4ccccc4c4cc5c(cc43)sc3ccc(-c4ccc6c(c4)c4ccccc4n6-c4ccccc4)cc35)c2)cc1. The summed E-state index contributed by atoms with van der Waals surface area (Å²) in [6.45, 7) is 0. The van der Waals surface area contributed by atoms with E-state index in [4.69, 9.17) is 0 Å². The molecule has 238 valence electrons. The average Bonchev–Trinajstić information content (AvgIpc) is 3.84. The first-order valence-electron chi connectivity index (χ1n) is 17.4. The van der Waals surface area contributed by atoms with Crippen molar-refractivity contribution in [3.8, 4) is 33.6 Å². The van der Waals surface area contributed by atoms with Crippen LogP contribution in [0.1, 0.15) is 0 Å². The molecule has 0 bridgehead atoms. The van der Waals surface area contributed by atoms with Gasteiger partial charge in [-0.2, -0.15) is 0 Å². The lowest BCUT2D eigenvalue weighted by Crippen LogP contribution is -1.94. The van der Waals surface area contributed by atoms with Crippen LogP contribution in [0.2, 0.25) is 0 Å². The topological polar surface area (TPSA) is 9.86 Å². The van der Waals surface area contributed by atoms with Gasteiger partial charge in [-0.15, -0.1) is 11.3 Å². The van der Waals surface area contributed by atoms with Crippen LogP contribution in [-0.4, -0.2) is 9.13 Å². The third-order valence-corrected chi connectivity index (χ3v) is 11.6. The molecular formula is C48H30N2S. The van der Waals surface area contributed by atoms with Crippen LogP contribution in [0.3, 0.4) is 0 Å². The number of nitrogens with zero attached hydrogens (tertiary/aromatic N) is 2. The molecule has 0 radical (unpaired) electrons. The van der Waals surface area contributed by atoms with E-state index in [1.165, 1.54) is 97.4 Å². The third kappa shape index (κ3) is 4.35. The summed E-state index contributed by atoms with van der Waals surface area (Å²) in [5, 5.41) is 7.72. The molecule has 0 fully saturated rings. The Morgan fingerprint density at radius 2 is 0.804 bits per heavy atom. The summed E-state index contributed by atoms with van der Waals surface area (Å²) in [7, 11) is 0. The molecule has 0 saturated heterocycles. The minimum Gasteiger partial charge on any atom is -0.309 e. The molecule has 0 amide bonds. The van der Waals surface area contributed by atoms with E-state index in [9.17, 15) is 0 Å². The Morgan fingerprint density at radius 1 is 0.275 bits per heavy atom. The van der Waals surface area contributed by atoms with Crippen molar-refractivity contribution in [2.45, 2.75) is 0 Å². The lowest BCUT2D eigenvalue weighted by Gasteiger charge is -2.10. The fraction of sp³-hybridized carbons (Fsp3) is 0. The Hall–Kier alpha value is -6.42. The molecule has 3 heteroatoms. The van der Waals surface area contributed by atoms with Gasteiger partial charge in [0, 0.05) is 53.1 Å². The first-order chi connectivity index (χ1) is 25.3. The number of benzene rings is 8. The van der Waals surface area contributed by atoms with Crippen LogP contribution in [0.15, 0.2) is 182 Å². The monoisotopic (exact) mass is 666 g/mol. The Bertz CT molecular complexity index is 3130. The number of rotatable bonds is 4. The van der Waals surface area contributed by atoms with E-state index >= 15 is 0 Å². The molecule has 0 N–H and O–H groups in total. The number of aromatic nitrogens is 2. The Kier molecular flexibility index (Phi) is 6.16. The van der Waals surface area contributed by atoms with E-state index in [1.807, 2.05) is 11.3 Å². The summed E-state index contributed by atoms with van der Waals surface area (Å²) in [6, 6.07) is 66.6. The molecular weight excluding hydrogens is 637 g/mol. The van der Waals surface area contributed by atoms with Crippen molar-refractivity contribution in [2.24, 2.45) is 0 Å². The number of hydrogen-bond acceptors (Lipinski definition) is 1. The van der Waals surface area contributed by atoms with Gasteiger partial charge >= 0.3 is 0 Å². The zero-order valence-electron chi connectivity index (χ0n) is 27.6. The normalized spacial score (nSPS) is 11.9. The molecule has 3 heterocycles. The standard InChI is InChI=1S/C48H30N2S/c1-3-12-31(13-4-1)32-14-11-17-36(26-32)50-44-21-10-8-19-38(44)40-29-42-41-28-34(23-25-47(41)51-48(42)30-46(40)50)33-22-24-45-39(27-33)37-18-7-9-20-43(37)49(45)35-15-5-2-6-16-35/h1-30H. The zero-order valence-corrected chi connectivity index (χ0v) is 28.4. The van der Waals surface area contributed by atoms with Gasteiger partial charge in [-0.3, -0.25) is 0 Å². The number of hydrogen-bond donors (Lipinski definition) is 0. The van der Waals surface area contributed by atoms with Crippen molar-refractivity contribution >= 4 is 75.1 Å². The van der Waals surface area contributed by atoms with Gasteiger partial charge in [-0.1, -0.05) is 109 Å². The number of thiophene rings is 1. The van der Waals surface area contributed by atoms with Gasteiger partial charge in [-0.05, 0) is 95.1 Å². The highest BCUT2D eigenvalue weighted by atomic mass is 32.1. The lowest BCUT2D eigenvalue weighted by atomic mass is 10.00. The van der Waals surface area contributed by atoms with Gasteiger partial charge < -0.3 is 9.13 Å². The second-order valence-corrected chi connectivity index (χ2v) is 14.5. The largest absolute Gasteiger partial charge is 0.309 e. The van der Waals surface area contributed by atoms with E-state index in [0.717, 1.165) is 0 Å². The van der Waals surface area contributed by atoms with E-state index in [1.54, 1.807) is 0 Å². The molecule has 11 rings (SSSR count). The van der Waals surface area contributed by atoms with Crippen molar-refractivity contribution in [1.29, 1.82) is 0 Å². The smallest absolute Gasteiger partial charge is 0.0555 e. The van der Waals surface area contributed by atoms with Crippen molar-refractivity contribution in [1.82, 2.24) is 9.13 Å². The summed E-state index contributed by atoms with van der Waals surface area (Å²) < 4.78 is 7.43. The van der Waals surface area contributed by atoms with Gasteiger partial charge in [0.2, 0.25) is 0 Å². The molecule has 0 atom stereocenters. The molecule has 0 spiro atoms. The quantitative estimate of drug-likeness (QED) is 0.177. The van der Waals surface area contributed by atoms with Crippen LogP contribution in [0.4, 0.5) is 0 Å². The van der Waals surface area contributed by atoms with Gasteiger partial charge in [0.05, 0.1) is 22.1 Å².